The first-order valence-corrected chi connectivity index (χ1v) is 6.79. The van der Waals surface area contributed by atoms with Crippen LogP contribution in [0.4, 0.5) is 0 Å². The summed E-state index contributed by atoms with van der Waals surface area (Å²) in [6.07, 6.45) is 5.13. The third kappa shape index (κ3) is 2.12. The number of nitrogens with one attached hydrogen (secondary N) is 1. The second-order valence-electron chi connectivity index (χ2n) is 5.25. The van der Waals surface area contributed by atoms with Gasteiger partial charge in [-0.1, -0.05) is 18.2 Å². The van der Waals surface area contributed by atoms with Crippen LogP contribution in [0.1, 0.15) is 42.1 Å². The van der Waals surface area contributed by atoms with Gasteiger partial charge >= 0.3 is 0 Å². The van der Waals surface area contributed by atoms with Crippen LogP contribution in [0.5, 0.6) is 0 Å². The lowest BCUT2D eigenvalue weighted by Crippen LogP contribution is -2.31. The van der Waals surface area contributed by atoms with Crippen molar-refractivity contribution in [2.24, 2.45) is 0 Å². The Balaban J connectivity index is 1.99. The van der Waals surface area contributed by atoms with Crippen LogP contribution >= 0.6 is 0 Å². The van der Waals surface area contributed by atoms with Crippen molar-refractivity contribution >= 4 is 0 Å². The van der Waals surface area contributed by atoms with Gasteiger partial charge in [-0.2, -0.15) is 0 Å². The van der Waals surface area contributed by atoms with Crippen LogP contribution in [-0.4, -0.2) is 19.2 Å². The van der Waals surface area contributed by atoms with E-state index in [9.17, 15) is 0 Å². The molecular formula is C15H21NO. The molecule has 0 bridgehead atoms. The standard InChI is InChI=1S/C15H21NO/c1-11-5-2-6-12-7-4-10-17-15(14(11)12)13-8-3-9-16-13/h2,5-6,13,15-16H,3-4,7-10H2,1H3/t13-,15?/m1/s1. The number of hydrogen-bond acceptors (Lipinski definition) is 2. The van der Waals surface area contributed by atoms with Gasteiger partial charge in [0.15, 0.2) is 0 Å². The molecule has 2 atom stereocenters. The van der Waals surface area contributed by atoms with Crippen molar-refractivity contribution in [1.29, 1.82) is 0 Å². The summed E-state index contributed by atoms with van der Waals surface area (Å²) < 4.78 is 6.13. The number of ether oxygens (including phenoxy) is 1. The maximum absolute atomic E-state index is 6.13. The van der Waals surface area contributed by atoms with Crippen LogP contribution in [0.3, 0.4) is 0 Å². The second kappa shape index (κ2) is 4.79. The Hall–Kier alpha value is -0.860. The van der Waals surface area contributed by atoms with Crippen molar-refractivity contribution in [1.82, 2.24) is 5.32 Å². The smallest absolute Gasteiger partial charge is 0.0982 e. The van der Waals surface area contributed by atoms with E-state index >= 15 is 0 Å². The van der Waals surface area contributed by atoms with Gasteiger partial charge in [0.25, 0.3) is 0 Å². The predicted molar refractivity (Wildman–Crippen MR) is 69.2 cm³/mol. The van der Waals surface area contributed by atoms with Gasteiger partial charge in [0.05, 0.1) is 6.10 Å². The molecule has 0 amide bonds. The molecule has 0 saturated carbocycles. The summed E-state index contributed by atoms with van der Waals surface area (Å²) in [5.74, 6) is 0. The minimum Gasteiger partial charge on any atom is -0.372 e. The first-order chi connectivity index (χ1) is 8.36. The molecule has 0 aromatic heterocycles. The van der Waals surface area contributed by atoms with E-state index in [1.54, 1.807) is 0 Å². The van der Waals surface area contributed by atoms with Crippen LogP contribution < -0.4 is 5.32 Å². The predicted octanol–water partition coefficient (Wildman–Crippen LogP) is 2.75. The molecule has 0 spiro atoms. The summed E-state index contributed by atoms with van der Waals surface area (Å²) in [6.45, 7) is 4.26. The van der Waals surface area contributed by atoms with Crippen LogP contribution in [-0.2, 0) is 11.2 Å². The van der Waals surface area contributed by atoms with Crippen LogP contribution in [0.25, 0.3) is 0 Å². The van der Waals surface area contributed by atoms with E-state index in [0.717, 1.165) is 19.6 Å². The molecule has 1 N–H and O–H groups in total. The normalized spacial score (nSPS) is 28.8. The van der Waals surface area contributed by atoms with Crippen molar-refractivity contribution < 1.29 is 4.74 Å². The molecule has 17 heavy (non-hydrogen) atoms. The first kappa shape index (κ1) is 11.2. The number of rotatable bonds is 1. The Bertz CT molecular complexity index is 396. The molecule has 3 rings (SSSR count). The topological polar surface area (TPSA) is 21.3 Å². The molecule has 2 nitrogen and oxygen atoms in total. The zero-order valence-corrected chi connectivity index (χ0v) is 10.5. The quantitative estimate of drug-likeness (QED) is 0.802. The Morgan fingerprint density at radius 3 is 3.06 bits per heavy atom. The lowest BCUT2D eigenvalue weighted by molar-refractivity contribution is 0.0330. The number of hydrogen-bond donors (Lipinski definition) is 1. The first-order valence-electron chi connectivity index (χ1n) is 6.79. The monoisotopic (exact) mass is 231 g/mol. The maximum Gasteiger partial charge on any atom is 0.0982 e. The molecule has 1 aromatic rings. The highest BCUT2D eigenvalue weighted by atomic mass is 16.5. The third-order valence-corrected chi connectivity index (χ3v) is 4.05. The zero-order chi connectivity index (χ0) is 11.7. The highest BCUT2D eigenvalue weighted by Gasteiger charge is 2.30. The minimum atomic E-state index is 0.274. The number of benzene rings is 1. The number of aryl methyl sites for hydroxylation is 2. The van der Waals surface area contributed by atoms with E-state index in [2.05, 4.69) is 30.4 Å². The summed E-state index contributed by atoms with van der Waals surface area (Å²) in [7, 11) is 0. The van der Waals surface area contributed by atoms with Gasteiger partial charge in [-0.3, -0.25) is 0 Å². The van der Waals surface area contributed by atoms with Gasteiger partial charge < -0.3 is 10.1 Å². The molecule has 92 valence electrons. The summed E-state index contributed by atoms with van der Waals surface area (Å²) in [5, 5.41) is 3.60. The number of fused-ring (bicyclic) bond motifs is 1. The van der Waals surface area contributed by atoms with Crippen molar-refractivity contribution in [3.63, 3.8) is 0 Å². The van der Waals surface area contributed by atoms with Crippen LogP contribution in [0, 0.1) is 6.92 Å². The fourth-order valence-electron chi connectivity index (χ4n) is 3.21. The summed E-state index contributed by atoms with van der Waals surface area (Å²) in [5.41, 5.74) is 4.36. The Labute approximate surface area is 103 Å². The van der Waals surface area contributed by atoms with Crippen molar-refractivity contribution in [3.8, 4) is 0 Å². The van der Waals surface area contributed by atoms with Gasteiger partial charge in [-0.15, -0.1) is 0 Å². The Kier molecular flexibility index (Phi) is 3.17. The van der Waals surface area contributed by atoms with E-state index in [0.29, 0.717) is 6.04 Å². The van der Waals surface area contributed by atoms with E-state index in [1.807, 2.05) is 0 Å². The average Bonchev–Trinajstić information content (AvgIpc) is 2.76. The molecule has 2 aliphatic rings. The van der Waals surface area contributed by atoms with E-state index < -0.39 is 0 Å². The lowest BCUT2D eigenvalue weighted by Gasteiger charge is -2.26. The minimum absolute atomic E-state index is 0.274. The molecule has 0 radical (unpaired) electrons. The molecule has 1 aromatic carbocycles. The van der Waals surface area contributed by atoms with Gasteiger partial charge in [0.1, 0.15) is 0 Å². The van der Waals surface area contributed by atoms with Gasteiger partial charge in [-0.25, -0.2) is 0 Å². The molecule has 2 heteroatoms. The highest BCUT2D eigenvalue weighted by Crippen LogP contribution is 2.34. The van der Waals surface area contributed by atoms with Crippen LogP contribution in [0.2, 0.25) is 0 Å². The molecule has 1 saturated heterocycles. The van der Waals surface area contributed by atoms with Crippen molar-refractivity contribution in [3.05, 3.63) is 34.9 Å². The lowest BCUT2D eigenvalue weighted by atomic mass is 9.91. The molecule has 1 unspecified atom stereocenters. The largest absolute Gasteiger partial charge is 0.372 e. The van der Waals surface area contributed by atoms with Gasteiger partial charge in [-0.05, 0) is 55.8 Å². The van der Waals surface area contributed by atoms with Gasteiger partial charge in [0.2, 0.25) is 0 Å². The fourth-order valence-corrected chi connectivity index (χ4v) is 3.21. The van der Waals surface area contributed by atoms with E-state index in [1.165, 1.54) is 36.0 Å². The SMILES string of the molecule is Cc1cccc2c1C([C@H]1CCCN1)OCCC2. The summed E-state index contributed by atoms with van der Waals surface area (Å²) >= 11 is 0. The molecule has 2 heterocycles. The molecular weight excluding hydrogens is 210 g/mol. The van der Waals surface area contributed by atoms with Crippen molar-refractivity contribution in [2.45, 2.75) is 44.8 Å². The Morgan fingerprint density at radius 1 is 1.29 bits per heavy atom. The third-order valence-electron chi connectivity index (χ3n) is 4.05. The fraction of sp³-hybridized carbons (Fsp3) is 0.600. The molecule has 0 aliphatic carbocycles. The molecule has 2 aliphatic heterocycles. The second-order valence-corrected chi connectivity index (χ2v) is 5.25. The van der Waals surface area contributed by atoms with Crippen LogP contribution in [0.15, 0.2) is 18.2 Å². The average molecular weight is 231 g/mol. The molecule has 1 fully saturated rings. The maximum atomic E-state index is 6.13. The summed E-state index contributed by atoms with van der Waals surface area (Å²) in [4.78, 5) is 0. The highest BCUT2D eigenvalue weighted by molar-refractivity contribution is 5.38. The summed E-state index contributed by atoms with van der Waals surface area (Å²) in [6, 6.07) is 7.19. The van der Waals surface area contributed by atoms with Crippen molar-refractivity contribution in [2.75, 3.05) is 13.2 Å². The van der Waals surface area contributed by atoms with E-state index in [4.69, 9.17) is 4.74 Å². The van der Waals surface area contributed by atoms with Gasteiger partial charge in [0, 0.05) is 12.6 Å². The zero-order valence-electron chi connectivity index (χ0n) is 10.5. The Morgan fingerprint density at radius 2 is 2.24 bits per heavy atom. The van der Waals surface area contributed by atoms with E-state index in [-0.39, 0.29) is 6.10 Å².